The van der Waals surface area contributed by atoms with Crippen molar-refractivity contribution in [1.82, 2.24) is 4.57 Å². The topological polar surface area (TPSA) is 37.3 Å². The third kappa shape index (κ3) is 2.56. The van der Waals surface area contributed by atoms with Crippen LogP contribution in [0.3, 0.4) is 0 Å². The quantitative estimate of drug-likeness (QED) is 0.793. The van der Waals surface area contributed by atoms with Gasteiger partial charge in [0.2, 0.25) is 0 Å². The molecule has 0 atom stereocenters. The molecular weight excluding hydrogens is 298 g/mol. The van der Waals surface area contributed by atoms with Crippen LogP contribution in [0.5, 0.6) is 0 Å². The minimum atomic E-state index is -0.0956. The van der Waals surface area contributed by atoms with Crippen LogP contribution in [0.15, 0.2) is 66.9 Å². The Labute approximate surface area is 141 Å². The van der Waals surface area contributed by atoms with Crippen molar-refractivity contribution < 1.29 is 4.79 Å². The van der Waals surface area contributed by atoms with E-state index in [4.69, 9.17) is 0 Å². The fourth-order valence-corrected chi connectivity index (χ4v) is 3.22. The molecule has 1 aromatic heterocycles. The van der Waals surface area contributed by atoms with Gasteiger partial charge in [-0.1, -0.05) is 18.2 Å². The molecular formula is C20H19N3O. The highest BCUT2D eigenvalue weighted by Crippen LogP contribution is 2.34. The average molecular weight is 317 g/mol. The summed E-state index contributed by atoms with van der Waals surface area (Å²) in [6.45, 7) is 0.994. The molecule has 4 nitrogen and oxygen atoms in total. The summed E-state index contributed by atoms with van der Waals surface area (Å²) in [6.07, 6.45) is 2.94. The van der Waals surface area contributed by atoms with Crippen LogP contribution in [0.25, 0.3) is 0 Å². The Kier molecular flexibility index (Phi) is 3.58. The van der Waals surface area contributed by atoms with E-state index < -0.39 is 0 Å². The Hall–Kier alpha value is -3.01. The lowest BCUT2D eigenvalue weighted by atomic mass is 10.2. The first-order valence-electron chi connectivity index (χ1n) is 8.10. The van der Waals surface area contributed by atoms with Crippen LogP contribution in [0, 0.1) is 0 Å². The lowest BCUT2D eigenvalue weighted by Crippen LogP contribution is -2.16. The van der Waals surface area contributed by atoms with Gasteiger partial charge in [-0.25, -0.2) is 0 Å². The zero-order valence-corrected chi connectivity index (χ0v) is 13.6. The van der Waals surface area contributed by atoms with Gasteiger partial charge >= 0.3 is 0 Å². The van der Waals surface area contributed by atoms with Gasteiger partial charge in [-0.2, -0.15) is 0 Å². The van der Waals surface area contributed by atoms with E-state index in [1.54, 1.807) is 0 Å². The SMILES string of the molecule is Cn1cccc1C(=O)Nc1ccc(N2CCc3ccccc32)cc1. The standard InChI is InChI=1S/C20H19N3O/c1-22-13-4-7-19(22)20(24)21-16-8-10-17(11-9-16)23-14-12-15-5-2-3-6-18(15)23/h2-11,13H,12,14H2,1H3,(H,21,24). The minimum absolute atomic E-state index is 0.0956. The normalized spacial score (nSPS) is 13.0. The summed E-state index contributed by atoms with van der Waals surface area (Å²) in [5.74, 6) is -0.0956. The number of carbonyl (C=O) groups excluding carboxylic acids is 1. The Morgan fingerprint density at radius 3 is 2.54 bits per heavy atom. The summed E-state index contributed by atoms with van der Waals surface area (Å²) in [7, 11) is 1.86. The van der Waals surface area contributed by atoms with Crippen LogP contribution >= 0.6 is 0 Å². The van der Waals surface area contributed by atoms with Gasteiger partial charge < -0.3 is 14.8 Å². The van der Waals surface area contributed by atoms with Gasteiger partial charge in [-0.05, 0) is 54.4 Å². The molecule has 1 aliphatic heterocycles. The van der Waals surface area contributed by atoms with Crippen molar-refractivity contribution in [3.05, 3.63) is 78.1 Å². The van der Waals surface area contributed by atoms with Crippen molar-refractivity contribution in [1.29, 1.82) is 0 Å². The Morgan fingerprint density at radius 1 is 1.00 bits per heavy atom. The first kappa shape index (κ1) is 14.6. The Morgan fingerprint density at radius 2 is 1.79 bits per heavy atom. The molecule has 0 unspecified atom stereocenters. The molecule has 0 saturated carbocycles. The van der Waals surface area contributed by atoms with Gasteiger partial charge in [-0.15, -0.1) is 0 Å². The second-order valence-electron chi connectivity index (χ2n) is 6.04. The molecule has 24 heavy (non-hydrogen) atoms. The van der Waals surface area contributed by atoms with Crippen LogP contribution < -0.4 is 10.2 Å². The predicted octanol–water partition coefficient (Wildman–Crippen LogP) is 3.97. The van der Waals surface area contributed by atoms with E-state index in [1.165, 1.54) is 11.3 Å². The molecule has 2 aromatic carbocycles. The number of anilines is 3. The number of hydrogen-bond acceptors (Lipinski definition) is 2. The van der Waals surface area contributed by atoms with Gasteiger partial charge in [0.25, 0.3) is 5.91 Å². The first-order chi connectivity index (χ1) is 11.7. The highest BCUT2D eigenvalue weighted by atomic mass is 16.1. The maximum absolute atomic E-state index is 12.3. The summed E-state index contributed by atoms with van der Waals surface area (Å²) in [5, 5.41) is 2.94. The van der Waals surface area contributed by atoms with E-state index in [9.17, 15) is 4.79 Å². The second-order valence-corrected chi connectivity index (χ2v) is 6.04. The van der Waals surface area contributed by atoms with Crippen molar-refractivity contribution in [2.75, 3.05) is 16.8 Å². The number of benzene rings is 2. The predicted molar refractivity (Wildman–Crippen MR) is 97.0 cm³/mol. The Bertz CT molecular complexity index is 880. The fraction of sp³-hybridized carbons (Fsp3) is 0.150. The van der Waals surface area contributed by atoms with Crippen LogP contribution in [0.2, 0.25) is 0 Å². The molecule has 4 rings (SSSR count). The summed E-state index contributed by atoms with van der Waals surface area (Å²) < 4.78 is 1.81. The number of rotatable bonds is 3. The Balaban J connectivity index is 1.52. The van der Waals surface area contributed by atoms with Gasteiger partial charge in [0.1, 0.15) is 5.69 Å². The lowest BCUT2D eigenvalue weighted by Gasteiger charge is -2.20. The summed E-state index contributed by atoms with van der Waals surface area (Å²) in [5.41, 5.74) is 5.26. The smallest absolute Gasteiger partial charge is 0.272 e. The summed E-state index contributed by atoms with van der Waals surface area (Å²) >= 11 is 0. The maximum Gasteiger partial charge on any atom is 0.272 e. The second kappa shape index (κ2) is 5.89. The third-order valence-electron chi connectivity index (χ3n) is 4.50. The summed E-state index contributed by atoms with van der Waals surface area (Å²) in [6, 6.07) is 20.2. The number of nitrogens with zero attached hydrogens (tertiary/aromatic N) is 2. The number of carbonyl (C=O) groups is 1. The molecule has 4 heteroatoms. The first-order valence-corrected chi connectivity index (χ1v) is 8.10. The van der Waals surface area contributed by atoms with Gasteiger partial charge in [0, 0.05) is 36.9 Å². The van der Waals surface area contributed by atoms with E-state index in [2.05, 4.69) is 46.6 Å². The lowest BCUT2D eigenvalue weighted by molar-refractivity contribution is 0.101. The van der Waals surface area contributed by atoms with Gasteiger partial charge in [0.05, 0.1) is 0 Å². The van der Waals surface area contributed by atoms with Gasteiger partial charge in [0.15, 0.2) is 0 Å². The number of aryl methyl sites for hydroxylation is 1. The van der Waals surface area contributed by atoms with E-state index >= 15 is 0 Å². The number of nitrogens with one attached hydrogen (secondary N) is 1. The number of fused-ring (bicyclic) bond motifs is 1. The molecule has 0 spiro atoms. The van der Waals surface area contributed by atoms with E-state index in [1.807, 2.05) is 42.1 Å². The third-order valence-corrected chi connectivity index (χ3v) is 4.50. The molecule has 1 amide bonds. The molecule has 0 bridgehead atoms. The van der Waals surface area contributed by atoms with Crippen LogP contribution in [-0.2, 0) is 13.5 Å². The zero-order chi connectivity index (χ0) is 16.5. The molecule has 2 heterocycles. The summed E-state index contributed by atoms with van der Waals surface area (Å²) in [4.78, 5) is 14.6. The highest BCUT2D eigenvalue weighted by Gasteiger charge is 2.19. The highest BCUT2D eigenvalue weighted by molar-refractivity contribution is 6.03. The van der Waals surface area contributed by atoms with E-state index in [0.29, 0.717) is 5.69 Å². The largest absolute Gasteiger partial charge is 0.347 e. The number of aromatic nitrogens is 1. The van der Waals surface area contributed by atoms with Crippen LogP contribution in [-0.4, -0.2) is 17.0 Å². The van der Waals surface area contributed by atoms with Crippen molar-refractivity contribution in [2.45, 2.75) is 6.42 Å². The number of hydrogen-bond donors (Lipinski definition) is 1. The minimum Gasteiger partial charge on any atom is -0.347 e. The molecule has 0 fully saturated rings. The van der Waals surface area contributed by atoms with Crippen molar-refractivity contribution in [3.8, 4) is 0 Å². The molecule has 0 saturated heterocycles. The van der Waals surface area contributed by atoms with Crippen molar-refractivity contribution in [2.24, 2.45) is 7.05 Å². The molecule has 1 aliphatic rings. The van der Waals surface area contributed by atoms with Crippen molar-refractivity contribution >= 4 is 23.0 Å². The monoisotopic (exact) mass is 317 g/mol. The van der Waals surface area contributed by atoms with Crippen molar-refractivity contribution in [3.63, 3.8) is 0 Å². The van der Waals surface area contributed by atoms with Crippen LogP contribution in [0.4, 0.5) is 17.1 Å². The molecule has 1 N–H and O–H groups in total. The molecule has 120 valence electrons. The van der Waals surface area contributed by atoms with Crippen LogP contribution in [0.1, 0.15) is 16.1 Å². The average Bonchev–Trinajstić information content (AvgIpc) is 3.22. The zero-order valence-electron chi connectivity index (χ0n) is 13.6. The number of amides is 1. The molecule has 0 aliphatic carbocycles. The number of para-hydroxylation sites is 1. The van der Waals surface area contributed by atoms with E-state index in [0.717, 1.165) is 24.3 Å². The van der Waals surface area contributed by atoms with E-state index in [-0.39, 0.29) is 5.91 Å². The molecule has 3 aromatic rings. The molecule has 0 radical (unpaired) electrons. The fourth-order valence-electron chi connectivity index (χ4n) is 3.22. The van der Waals surface area contributed by atoms with Gasteiger partial charge in [-0.3, -0.25) is 4.79 Å². The maximum atomic E-state index is 12.3.